The second-order valence-corrected chi connectivity index (χ2v) is 5.34. The average molecular weight is 348 g/mol. The SMILES string of the molecule is CCc1ccc(C(c2ccc(O)cc2)(C(F)(F)F)C(F)(F)F)cc1. The van der Waals surface area contributed by atoms with E-state index < -0.39 is 34.6 Å². The van der Waals surface area contributed by atoms with Gasteiger partial charge in [0.25, 0.3) is 0 Å². The van der Waals surface area contributed by atoms with Crippen LogP contribution in [0.4, 0.5) is 26.3 Å². The van der Waals surface area contributed by atoms with Gasteiger partial charge in [-0.2, -0.15) is 26.3 Å². The van der Waals surface area contributed by atoms with Gasteiger partial charge in [-0.3, -0.25) is 0 Å². The summed E-state index contributed by atoms with van der Waals surface area (Å²) in [4.78, 5) is 0. The molecular weight excluding hydrogens is 334 g/mol. The van der Waals surface area contributed by atoms with Crippen molar-refractivity contribution in [1.82, 2.24) is 0 Å². The number of halogens is 6. The van der Waals surface area contributed by atoms with Crippen molar-refractivity contribution in [1.29, 1.82) is 0 Å². The minimum absolute atomic E-state index is 0.418. The maximum atomic E-state index is 13.7. The Morgan fingerprint density at radius 3 is 1.42 bits per heavy atom. The predicted molar refractivity (Wildman–Crippen MR) is 76.8 cm³/mol. The molecular formula is C17H14F6O. The highest BCUT2D eigenvalue weighted by atomic mass is 19.4. The molecule has 0 aromatic heterocycles. The number of benzene rings is 2. The van der Waals surface area contributed by atoms with Crippen LogP contribution in [0.15, 0.2) is 48.5 Å². The van der Waals surface area contributed by atoms with Crippen molar-refractivity contribution in [3.05, 3.63) is 65.2 Å². The smallest absolute Gasteiger partial charge is 0.411 e. The second-order valence-electron chi connectivity index (χ2n) is 5.34. The van der Waals surface area contributed by atoms with Crippen LogP contribution >= 0.6 is 0 Å². The number of aryl methyl sites for hydroxylation is 1. The Labute approximate surface area is 134 Å². The van der Waals surface area contributed by atoms with Gasteiger partial charge in [-0.1, -0.05) is 43.3 Å². The summed E-state index contributed by atoms with van der Waals surface area (Å²) in [6.07, 6.45) is -10.7. The van der Waals surface area contributed by atoms with E-state index in [1.807, 2.05) is 0 Å². The Balaban J connectivity index is 2.83. The number of hydrogen-bond donors (Lipinski definition) is 1. The molecule has 1 N–H and O–H groups in total. The number of phenols is 1. The van der Waals surface area contributed by atoms with Gasteiger partial charge in [-0.15, -0.1) is 0 Å². The zero-order chi connectivity index (χ0) is 18.2. The van der Waals surface area contributed by atoms with Crippen LogP contribution in [-0.4, -0.2) is 17.5 Å². The van der Waals surface area contributed by atoms with E-state index in [4.69, 9.17) is 0 Å². The number of hydrogen-bond acceptors (Lipinski definition) is 1. The van der Waals surface area contributed by atoms with Crippen LogP contribution in [0.3, 0.4) is 0 Å². The predicted octanol–water partition coefficient (Wildman–Crippen LogP) is 5.37. The quantitative estimate of drug-likeness (QED) is 0.740. The molecule has 0 fully saturated rings. The molecule has 0 aliphatic rings. The molecule has 0 bridgehead atoms. The lowest BCUT2D eigenvalue weighted by Gasteiger charge is -2.38. The first-order valence-electron chi connectivity index (χ1n) is 7.06. The molecule has 0 aliphatic heterocycles. The summed E-state index contributed by atoms with van der Waals surface area (Å²) < 4.78 is 82.5. The Morgan fingerprint density at radius 2 is 1.08 bits per heavy atom. The van der Waals surface area contributed by atoms with Gasteiger partial charge < -0.3 is 5.11 Å². The summed E-state index contributed by atoms with van der Waals surface area (Å²) in [6.45, 7) is 1.75. The summed E-state index contributed by atoms with van der Waals surface area (Å²) in [7, 11) is 0. The molecule has 0 radical (unpaired) electrons. The lowest BCUT2D eigenvalue weighted by atomic mass is 9.72. The summed E-state index contributed by atoms with van der Waals surface area (Å²) in [5.41, 5.74) is -5.45. The van der Waals surface area contributed by atoms with E-state index >= 15 is 0 Å². The fraction of sp³-hybridized carbons (Fsp3) is 0.294. The van der Waals surface area contributed by atoms with Gasteiger partial charge >= 0.3 is 12.4 Å². The normalized spacial score (nSPS) is 13.1. The average Bonchev–Trinajstić information content (AvgIpc) is 2.47. The minimum Gasteiger partial charge on any atom is -0.508 e. The van der Waals surface area contributed by atoms with E-state index in [2.05, 4.69) is 0 Å². The van der Waals surface area contributed by atoms with Gasteiger partial charge in [0.05, 0.1) is 0 Å². The highest BCUT2D eigenvalue weighted by Gasteiger charge is 2.72. The topological polar surface area (TPSA) is 20.2 Å². The van der Waals surface area contributed by atoms with Gasteiger partial charge in [0.1, 0.15) is 5.75 Å². The van der Waals surface area contributed by atoms with Crippen LogP contribution in [-0.2, 0) is 11.8 Å². The van der Waals surface area contributed by atoms with Gasteiger partial charge in [-0.25, -0.2) is 0 Å². The van der Waals surface area contributed by atoms with E-state index in [9.17, 15) is 31.4 Å². The van der Waals surface area contributed by atoms with Crippen molar-refractivity contribution >= 4 is 0 Å². The van der Waals surface area contributed by atoms with E-state index in [0.29, 0.717) is 24.1 Å². The largest absolute Gasteiger partial charge is 0.508 e. The first kappa shape index (κ1) is 18.2. The molecule has 0 saturated carbocycles. The fourth-order valence-electron chi connectivity index (χ4n) is 2.68. The van der Waals surface area contributed by atoms with Crippen molar-refractivity contribution < 1.29 is 31.4 Å². The third kappa shape index (κ3) is 2.83. The van der Waals surface area contributed by atoms with E-state index in [0.717, 1.165) is 24.3 Å². The Bertz CT molecular complexity index is 669. The number of alkyl halides is 6. The highest BCUT2D eigenvalue weighted by molar-refractivity contribution is 5.46. The Kier molecular flexibility index (Phi) is 4.57. The lowest BCUT2D eigenvalue weighted by molar-refractivity contribution is -0.288. The molecule has 0 amide bonds. The molecule has 2 aromatic rings. The standard InChI is InChI=1S/C17H14F6O/c1-2-11-3-5-12(6-4-11)15(16(18,19)20,17(21,22)23)13-7-9-14(24)10-8-13/h3-10,24H,2H2,1H3. The number of aromatic hydroxyl groups is 1. The Hall–Kier alpha value is -2.18. The maximum Gasteiger partial charge on any atom is 0.411 e. The van der Waals surface area contributed by atoms with Crippen LogP contribution in [0.5, 0.6) is 5.75 Å². The summed E-state index contributed by atoms with van der Waals surface area (Å²) in [6, 6.07) is 7.11. The van der Waals surface area contributed by atoms with Crippen molar-refractivity contribution in [3.63, 3.8) is 0 Å². The van der Waals surface area contributed by atoms with Gasteiger partial charge in [0.2, 0.25) is 5.41 Å². The maximum absolute atomic E-state index is 13.7. The summed E-state index contributed by atoms with van der Waals surface area (Å²) >= 11 is 0. The van der Waals surface area contributed by atoms with E-state index in [-0.39, 0.29) is 0 Å². The zero-order valence-electron chi connectivity index (χ0n) is 12.5. The molecule has 0 saturated heterocycles. The fourth-order valence-corrected chi connectivity index (χ4v) is 2.68. The minimum atomic E-state index is -5.62. The lowest BCUT2D eigenvalue weighted by Crippen LogP contribution is -2.54. The van der Waals surface area contributed by atoms with Crippen molar-refractivity contribution in [2.24, 2.45) is 0 Å². The molecule has 2 rings (SSSR count). The zero-order valence-corrected chi connectivity index (χ0v) is 12.5. The third-order valence-electron chi connectivity index (χ3n) is 3.95. The van der Waals surface area contributed by atoms with Crippen LogP contribution in [0.2, 0.25) is 0 Å². The van der Waals surface area contributed by atoms with Crippen molar-refractivity contribution in [3.8, 4) is 5.75 Å². The van der Waals surface area contributed by atoms with Gasteiger partial charge in [0.15, 0.2) is 0 Å². The molecule has 24 heavy (non-hydrogen) atoms. The Morgan fingerprint density at radius 1 is 0.708 bits per heavy atom. The molecule has 1 nitrogen and oxygen atoms in total. The van der Waals surface area contributed by atoms with E-state index in [1.165, 1.54) is 12.1 Å². The molecule has 0 aliphatic carbocycles. The molecule has 2 aromatic carbocycles. The molecule has 7 heteroatoms. The summed E-state index contributed by atoms with van der Waals surface area (Å²) in [5.74, 6) is -0.418. The van der Waals surface area contributed by atoms with Crippen LogP contribution < -0.4 is 0 Å². The van der Waals surface area contributed by atoms with Crippen molar-refractivity contribution in [2.75, 3.05) is 0 Å². The molecule has 0 heterocycles. The molecule has 0 spiro atoms. The van der Waals surface area contributed by atoms with E-state index in [1.54, 1.807) is 6.92 Å². The first-order chi connectivity index (χ1) is 11.0. The molecule has 0 atom stereocenters. The second kappa shape index (κ2) is 6.03. The van der Waals surface area contributed by atoms with Crippen LogP contribution in [0.25, 0.3) is 0 Å². The van der Waals surface area contributed by atoms with Gasteiger partial charge in [0, 0.05) is 0 Å². The van der Waals surface area contributed by atoms with Gasteiger partial charge in [-0.05, 0) is 35.2 Å². The molecule has 0 unspecified atom stereocenters. The van der Waals surface area contributed by atoms with Crippen molar-refractivity contribution in [2.45, 2.75) is 31.1 Å². The van der Waals surface area contributed by atoms with Crippen LogP contribution in [0, 0.1) is 0 Å². The number of rotatable bonds is 3. The molecule has 130 valence electrons. The summed E-state index contributed by atoms with van der Waals surface area (Å²) in [5, 5.41) is 9.20. The highest BCUT2D eigenvalue weighted by Crippen LogP contribution is 2.56. The third-order valence-corrected chi connectivity index (χ3v) is 3.95. The number of phenolic OH excluding ortho intramolecular Hbond substituents is 1. The van der Waals surface area contributed by atoms with Crippen LogP contribution in [0.1, 0.15) is 23.6 Å². The first-order valence-corrected chi connectivity index (χ1v) is 7.06. The monoisotopic (exact) mass is 348 g/mol.